The van der Waals surface area contributed by atoms with Crippen molar-refractivity contribution in [2.24, 2.45) is 0 Å². The van der Waals surface area contributed by atoms with Gasteiger partial charge in [-0.05, 0) is 41.5 Å². The van der Waals surface area contributed by atoms with E-state index in [9.17, 15) is 24.3 Å². The monoisotopic (exact) mass is 523 g/mol. The van der Waals surface area contributed by atoms with Gasteiger partial charge in [0.1, 0.15) is 10.7 Å². The van der Waals surface area contributed by atoms with Gasteiger partial charge in [0, 0.05) is 17.1 Å². The van der Waals surface area contributed by atoms with Crippen LogP contribution < -0.4 is 10.6 Å². The average Bonchev–Trinajstić information content (AvgIpc) is 3.07. The van der Waals surface area contributed by atoms with Gasteiger partial charge in [-0.25, -0.2) is 4.79 Å². The highest BCUT2D eigenvalue weighted by Crippen LogP contribution is 2.26. The van der Waals surface area contributed by atoms with Gasteiger partial charge in [0.05, 0.1) is 17.8 Å². The zero-order valence-corrected chi connectivity index (χ0v) is 20.1. The predicted molar refractivity (Wildman–Crippen MR) is 135 cm³/mol. The highest BCUT2D eigenvalue weighted by Gasteiger charge is 2.37. The fraction of sp³-hybridized carbons (Fsp3) is 0.0769. The molecule has 10 heteroatoms. The standard InChI is InChI=1S/C26H19Cl2N3O5/c27-19-7-3-1-5-17(19)14-31-24(33)21(28)22(25(31)34)29-13-15-9-11-16(12-10-15)23(32)30-20-8-4-2-6-18(20)26(35)36/h1-12,29H,13-14H2,(H,30,32)(H,35,36). The summed E-state index contributed by atoms with van der Waals surface area (Å²) in [7, 11) is 0. The van der Waals surface area contributed by atoms with E-state index in [1.807, 2.05) is 0 Å². The van der Waals surface area contributed by atoms with Crippen LogP contribution in [-0.4, -0.2) is 33.7 Å². The SMILES string of the molecule is O=C(Nc1ccccc1C(=O)O)c1ccc(CNC2=C(Cl)C(=O)N(Cc3ccccc3Cl)C2=O)cc1. The summed E-state index contributed by atoms with van der Waals surface area (Å²) >= 11 is 12.3. The van der Waals surface area contributed by atoms with E-state index >= 15 is 0 Å². The molecule has 0 saturated heterocycles. The highest BCUT2D eigenvalue weighted by molar-refractivity contribution is 6.47. The molecule has 1 aliphatic rings. The second-order valence-corrected chi connectivity index (χ2v) is 8.62. The number of hydrogen-bond donors (Lipinski definition) is 3. The third-order valence-electron chi connectivity index (χ3n) is 5.49. The lowest BCUT2D eigenvalue weighted by molar-refractivity contribution is -0.138. The van der Waals surface area contributed by atoms with Crippen LogP contribution in [0.3, 0.4) is 0 Å². The van der Waals surface area contributed by atoms with Crippen molar-refractivity contribution in [2.75, 3.05) is 5.32 Å². The van der Waals surface area contributed by atoms with Crippen molar-refractivity contribution in [1.82, 2.24) is 10.2 Å². The Balaban J connectivity index is 1.39. The number of carbonyl (C=O) groups is 4. The molecule has 0 saturated carbocycles. The minimum Gasteiger partial charge on any atom is -0.478 e. The van der Waals surface area contributed by atoms with Crippen LogP contribution in [0.2, 0.25) is 5.02 Å². The van der Waals surface area contributed by atoms with Crippen LogP contribution in [0.15, 0.2) is 83.5 Å². The molecule has 0 spiro atoms. The molecule has 3 N–H and O–H groups in total. The van der Waals surface area contributed by atoms with Gasteiger partial charge in [0.25, 0.3) is 17.7 Å². The molecule has 0 atom stereocenters. The number of carboxylic acid groups (broad SMARTS) is 1. The number of amides is 3. The molecular weight excluding hydrogens is 505 g/mol. The second kappa shape index (κ2) is 10.6. The lowest BCUT2D eigenvalue weighted by Gasteiger charge is -2.16. The van der Waals surface area contributed by atoms with Crippen molar-refractivity contribution >= 4 is 52.6 Å². The molecule has 0 radical (unpaired) electrons. The van der Waals surface area contributed by atoms with E-state index in [0.717, 1.165) is 10.5 Å². The molecular formula is C26H19Cl2N3O5. The summed E-state index contributed by atoms with van der Waals surface area (Å²) in [4.78, 5) is 50.3. The highest BCUT2D eigenvalue weighted by atomic mass is 35.5. The van der Waals surface area contributed by atoms with Crippen LogP contribution in [-0.2, 0) is 22.7 Å². The van der Waals surface area contributed by atoms with E-state index in [1.54, 1.807) is 60.7 Å². The minimum absolute atomic E-state index is 0.00639. The second-order valence-electron chi connectivity index (χ2n) is 7.83. The first-order chi connectivity index (χ1) is 17.3. The molecule has 0 unspecified atom stereocenters. The molecule has 8 nitrogen and oxygen atoms in total. The summed E-state index contributed by atoms with van der Waals surface area (Å²) in [6.45, 7) is 0.168. The Bertz CT molecular complexity index is 1400. The van der Waals surface area contributed by atoms with Crippen molar-refractivity contribution in [3.05, 3.63) is 111 Å². The number of benzene rings is 3. The van der Waals surface area contributed by atoms with Crippen molar-refractivity contribution in [2.45, 2.75) is 13.1 Å². The number of carboxylic acids is 1. The van der Waals surface area contributed by atoms with Crippen molar-refractivity contribution in [1.29, 1.82) is 0 Å². The molecule has 1 aliphatic heterocycles. The summed E-state index contributed by atoms with van der Waals surface area (Å²) in [6, 6.07) is 19.5. The van der Waals surface area contributed by atoms with E-state index in [1.165, 1.54) is 12.1 Å². The third kappa shape index (κ3) is 5.25. The number of halogens is 2. The van der Waals surface area contributed by atoms with Gasteiger partial charge in [-0.2, -0.15) is 0 Å². The Morgan fingerprint density at radius 1 is 0.861 bits per heavy atom. The van der Waals surface area contributed by atoms with Crippen molar-refractivity contribution in [3.8, 4) is 0 Å². The van der Waals surface area contributed by atoms with E-state index in [2.05, 4.69) is 10.6 Å². The van der Waals surface area contributed by atoms with Gasteiger partial charge >= 0.3 is 5.97 Å². The molecule has 4 rings (SSSR count). The maximum atomic E-state index is 12.8. The third-order valence-corrected chi connectivity index (χ3v) is 6.21. The minimum atomic E-state index is -1.15. The lowest BCUT2D eigenvalue weighted by Crippen LogP contribution is -2.33. The number of carbonyl (C=O) groups excluding carboxylic acids is 3. The molecule has 0 aliphatic carbocycles. The van der Waals surface area contributed by atoms with Gasteiger partial charge in [-0.3, -0.25) is 19.3 Å². The Labute approximate surface area is 216 Å². The summed E-state index contributed by atoms with van der Waals surface area (Å²) in [5, 5.41) is 15.0. The molecule has 1 heterocycles. The number of hydrogen-bond acceptors (Lipinski definition) is 5. The van der Waals surface area contributed by atoms with E-state index in [0.29, 0.717) is 16.1 Å². The molecule has 0 fully saturated rings. The van der Waals surface area contributed by atoms with Gasteiger partial charge < -0.3 is 15.7 Å². The first-order valence-corrected chi connectivity index (χ1v) is 11.5. The molecule has 3 amide bonds. The Kier molecular flexibility index (Phi) is 7.38. The molecule has 36 heavy (non-hydrogen) atoms. The van der Waals surface area contributed by atoms with Crippen LogP contribution in [0.5, 0.6) is 0 Å². The van der Waals surface area contributed by atoms with Crippen LogP contribution in [0, 0.1) is 0 Å². The summed E-state index contributed by atoms with van der Waals surface area (Å²) in [5.41, 5.74) is 1.81. The van der Waals surface area contributed by atoms with Gasteiger partial charge in [-0.1, -0.05) is 65.7 Å². The zero-order valence-electron chi connectivity index (χ0n) is 18.6. The number of aromatic carboxylic acids is 1. The fourth-order valence-corrected chi connectivity index (χ4v) is 4.02. The number of imide groups is 1. The largest absolute Gasteiger partial charge is 0.478 e. The predicted octanol–water partition coefficient (Wildman–Crippen LogP) is 4.40. The van der Waals surface area contributed by atoms with Crippen LogP contribution in [0.1, 0.15) is 31.8 Å². The van der Waals surface area contributed by atoms with Crippen LogP contribution >= 0.6 is 23.2 Å². The number of nitrogens with one attached hydrogen (secondary N) is 2. The number of rotatable bonds is 8. The first-order valence-electron chi connectivity index (χ1n) is 10.7. The topological polar surface area (TPSA) is 116 Å². The number of para-hydroxylation sites is 1. The Morgan fingerprint density at radius 2 is 1.53 bits per heavy atom. The van der Waals surface area contributed by atoms with E-state index in [4.69, 9.17) is 23.2 Å². The smallest absolute Gasteiger partial charge is 0.337 e. The molecule has 0 bridgehead atoms. The van der Waals surface area contributed by atoms with Crippen LogP contribution in [0.4, 0.5) is 5.69 Å². The number of nitrogens with zero attached hydrogens (tertiary/aromatic N) is 1. The molecule has 3 aromatic carbocycles. The summed E-state index contributed by atoms with van der Waals surface area (Å²) in [6.07, 6.45) is 0. The van der Waals surface area contributed by atoms with Crippen molar-refractivity contribution < 1.29 is 24.3 Å². The maximum absolute atomic E-state index is 12.8. The Hall–Kier alpha value is -4.14. The zero-order chi connectivity index (χ0) is 25.8. The first kappa shape index (κ1) is 25.0. The molecule has 0 aromatic heterocycles. The average molecular weight is 524 g/mol. The number of anilines is 1. The van der Waals surface area contributed by atoms with Gasteiger partial charge in [0.15, 0.2) is 0 Å². The summed E-state index contributed by atoms with van der Waals surface area (Å²) < 4.78 is 0. The lowest BCUT2D eigenvalue weighted by atomic mass is 10.1. The van der Waals surface area contributed by atoms with Crippen LogP contribution in [0.25, 0.3) is 0 Å². The van der Waals surface area contributed by atoms with E-state index < -0.39 is 23.7 Å². The fourth-order valence-electron chi connectivity index (χ4n) is 3.58. The molecule has 182 valence electrons. The van der Waals surface area contributed by atoms with E-state index in [-0.39, 0.29) is 35.1 Å². The molecule has 3 aromatic rings. The normalized spacial score (nSPS) is 13.2. The van der Waals surface area contributed by atoms with Gasteiger partial charge in [-0.15, -0.1) is 0 Å². The van der Waals surface area contributed by atoms with Crippen molar-refractivity contribution in [3.63, 3.8) is 0 Å². The van der Waals surface area contributed by atoms with Gasteiger partial charge in [0.2, 0.25) is 0 Å². The Morgan fingerprint density at radius 3 is 2.22 bits per heavy atom. The quantitative estimate of drug-likeness (QED) is 0.377. The maximum Gasteiger partial charge on any atom is 0.337 e. The summed E-state index contributed by atoms with van der Waals surface area (Å²) in [5.74, 6) is -2.79.